The molecule has 1 heterocycles. The summed E-state index contributed by atoms with van der Waals surface area (Å²) in [6.07, 6.45) is 8.61. The van der Waals surface area contributed by atoms with Crippen LogP contribution in [0, 0.1) is 0 Å². The van der Waals surface area contributed by atoms with E-state index in [-0.39, 0.29) is 5.91 Å². The van der Waals surface area contributed by atoms with Crippen molar-refractivity contribution >= 4 is 22.5 Å². The molecule has 0 aliphatic rings. The molecule has 2 rings (SSSR count). The summed E-state index contributed by atoms with van der Waals surface area (Å²) in [6.45, 7) is 1.90. The summed E-state index contributed by atoms with van der Waals surface area (Å²) in [7, 11) is 0. The van der Waals surface area contributed by atoms with E-state index in [1.165, 1.54) is 6.08 Å². The van der Waals surface area contributed by atoms with Gasteiger partial charge in [0.05, 0.1) is 11.2 Å². The Labute approximate surface area is 106 Å². The Kier molecular flexibility index (Phi) is 3.86. The van der Waals surface area contributed by atoms with Crippen molar-refractivity contribution in [3.8, 4) is 0 Å². The van der Waals surface area contributed by atoms with Crippen molar-refractivity contribution in [2.45, 2.75) is 6.92 Å². The standard InChI is InChI=1S/C15H14N2O/c1-2-3-4-10-15(18)17-14-9-5-8-13-12(14)7-6-11-16-13/h2-11H,1H3,(H,17,18)/b3-2+,10-4+. The van der Waals surface area contributed by atoms with Crippen molar-refractivity contribution in [3.05, 3.63) is 60.8 Å². The van der Waals surface area contributed by atoms with Gasteiger partial charge in [-0.3, -0.25) is 9.78 Å². The van der Waals surface area contributed by atoms with Crippen LogP contribution in [-0.4, -0.2) is 10.9 Å². The second kappa shape index (κ2) is 5.77. The maximum Gasteiger partial charge on any atom is 0.248 e. The third-order valence-electron chi connectivity index (χ3n) is 2.45. The van der Waals surface area contributed by atoms with Gasteiger partial charge < -0.3 is 5.32 Å². The number of anilines is 1. The molecule has 18 heavy (non-hydrogen) atoms. The Morgan fingerprint density at radius 3 is 2.94 bits per heavy atom. The van der Waals surface area contributed by atoms with Crippen molar-refractivity contribution < 1.29 is 4.79 Å². The zero-order valence-corrected chi connectivity index (χ0v) is 10.1. The maximum absolute atomic E-state index is 11.7. The van der Waals surface area contributed by atoms with Crippen LogP contribution in [-0.2, 0) is 4.79 Å². The smallest absolute Gasteiger partial charge is 0.248 e. The van der Waals surface area contributed by atoms with E-state index in [4.69, 9.17) is 0 Å². The van der Waals surface area contributed by atoms with Gasteiger partial charge in [-0.15, -0.1) is 0 Å². The Morgan fingerprint density at radius 1 is 1.22 bits per heavy atom. The normalized spacial score (nSPS) is 11.4. The Bertz CT molecular complexity index is 609. The molecule has 0 unspecified atom stereocenters. The number of amides is 1. The molecule has 3 heteroatoms. The first-order valence-corrected chi connectivity index (χ1v) is 5.75. The van der Waals surface area contributed by atoms with Crippen molar-refractivity contribution in [2.24, 2.45) is 0 Å². The van der Waals surface area contributed by atoms with Crippen molar-refractivity contribution in [3.63, 3.8) is 0 Å². The van der Waals surface area contributed by atoms with Gasteiger partial charge in [0.2, 0.25) is 5.91 Å². The number of hydrogen-bond acceptors (Lipinski definition) is 2. The number of allylic oxidation sites excluding steroid dienone is 3. The molecule has 1 aromatic heterocycles. The maximum atomic E-state index is 11.7. The molecule has 0 radical (unpaired) electrons. The lowest BCUT2D eigenvalue weighted by Gasteiger charge is -2.05. The van der Waals surface area contributed by atoms with E-state index < -0.39 is 0 Å². The summed E-state index contributed by atoms with van der Waals surface area (Å²) in [5, 5.41) is 3.78. The van der Waals surface area contributed by atoms with Gasteiger partial charge in [0.1, 0.15) is 0 Å². The molecule has 0 aliphatic heterocycles. The van der Waals surface area contributed by atoms with Crippen molar-refractivity contribution in [1.82, 2.24) is 4.98 Å². The fourth-order valence-corrected chi connectivity index (χ4v) is 1.64. The van der Waals surface area contributed by atoms with E-state index >= 15 is 0 Å². The minimum atomic E-state index is -0.149. The summed E-state index contributed by atoms with van der Waals surface area (Å²) < 4.78 is 0. The van der Waals surface area contributed by atoms with E-state index in [9.17, 15) is 4.79 Å². The SMILES string of the molecule is C/C=C/C=C/C(=O)Nc1cccc2ncccc12. The highest BCUT2D eigenvalue weighted by Gasteiger charge is 2.02. The molecule has 2 aromatic rings. The van der Waals surface area contributed by atoms with Gasteiger partial charge in [-0.1, -0.05) is 24.3 Å². The largest absolute Gasteiger partial charge is 0.322 e. The van der Waals surface area contributed by atoms with Gasteiger partial charge in [0.25, 0.3) is 0 Å². The number of benzene rings is 1. The lowest BCUT2D eigenvalue weighted by atomic mass is 10.2. The number of nitrogens with one attached hydrogen (secondary N) is 1. The van der Waals surface area contributed by atoms with Gasteiger partial charge in [-0.05, 0) is 31.2 Å². The minimum absolute atomic E-state index is 0.149. The number of fused-ring (bicyclic) bond motifs is 1. The van der Waals surface area contributed by atoms with Crippen LogP contribution >= 0.6 is 0 Å². The molecule has 0 aliphatic carbocycles. The minimum Gasteiger partial charge on any atom is -0.322 e. The summed E-state index contributed by atoms with van der Waals surface area (Å²) in [6, 6.07) is 9.45. The lowest BCUT2D eigenvalue weighted by molar-refractivity contribution is -0.111. The van der Waals surface area contributed by atoms with E-state index in [1.54, 1.807) is 12.3 Å². The average molecular weight is 238 g/mol. The molecule has 1 N–H and O–H groups in total. The van der Waals surface area contributed by atoms with E-state index in [2.05, 4.69) is 10.3 Å². The first-order chi connectivity index (χ1) is 8.81. The summed E-state index contributed by atoms with van der Waals surface area (Å²) in [5.74, 6) is -0.149. The number of carbonyl (C=O) groups is 1. The third kappa shape index (κ3) is 2.83. The number of carbonyl (C=O) groups excluding carboxylic acids is 1. The summed E-state index contributed by atoms with van der Waals surface area (Å²) in [4.78, 5) is 15.9. The fraction of sp³-hybridized carbons (Fsp3) is 0.0667. The molecule has 1 aromatic carbocycles. The number of rotatable bonds is 3. The van der Waals surface area contributed by atoms with Crippen LogP contribution in [0.2, 0.25) is 0 Å². The van der Waals surface area contributed by atoms with Crippen LogP contribution in [0.1, 0.15) is 6.92 Å². The molecule has 0 saturated heterocycles. The predicted octanol–water partition coefficient (Wildman–Crippen LogP) is 3.31. The number of hydrogen-bond donors (Lipinski definition) is 1. The molecule has 0 saturated carbocycles. The van der Waals surface area contributed by atoms with E-state index in [0.717, 1.165) is 16.6 Å². The van der Waals surface area contributed by atoms with Crippen molar-refractivity contribution in [2.75, 3.05) is 5.32 Å². The first-order valence-electron chi connectivity index (χ1n) is 5.75. The molecule has 0 spiro atoms. The van der Waals surface area contributed by atoms with Crippen LogP contribution in [0.5, 0.6) is 0 Å². The number of nitrogens with zero attached hydrogens (tertiary/aromatic N) is 1. The highest BCUT2D eigenvalue weighted by Crippen LogP contribution is 2.21. The fourth-order valence-electron chi connectivity index (χ4n) is 1.64. The van der Waals surface area contributed by atoms with Crippen LogP contribution in [0.4, 0.5) is 5.69 Å². The lowest BCUT2D eigenvalue weighted by Crippen LogP contribution is -2.08. The van der Waals surface area contributed by atoms with Crippen LogP contribution in [0.25, 0.3) is 10.9 Å². The number of pyridine rings is 1. The van der Waals surface area contributed by atoms with Gasteiger partial charge in [0, 0.05) is 17.7 Å². The molecular formula is C15H14N2O. The van der Waals surface area contributed by atoms with Gasteiger partial charge in [0.15, 0.2) is 0 Å². The first kappa shape index (κ1) is 12.0. The van der Waals surface area contributed by atoms with Gasteiger partial charge in [-0.25, -0.2) is 0 Å². The molecular weight excluding hydrogens is 224 g/mol. The number of aromatic nitrogens is 1. The van der Waals surface area contributed by atoms with Gasteiger partial charge >= 0.3 is 0 Å². The topological polar surface area (TPSA) is 42.0 Å². The predicted molar refractivity (Wildman–Crippen MR) is 74.3 cm³/mol. The Hall–Kier alpha value is -2.42. The zero-order valence-electron chi connectivity index (χ0n) is 10.1. The monoisotopic (exact) mass is 238 g/mol. The molecule has 0 atom stereocenters. The average Bonchev–Trinajstić information content (AvgIpc) is 2.39. The molecule has 3 nitrogen and oxygen atoms in total. The Balaban J connectivity index is 2.24. The van der Waals surface area contributed by atoms with Crippen LogP contribution in [0.15, 0.2) is 60.8 Å². The molecule has 0 bridgehead atoms. The molecule has 0 fully saturated rings. The highest BCUT2D eigenvalue weighted by molar-refractivity contribution is 6.05. The zero-order chi connectivity index (χ0) is 12.8. The molecule has 90 valence electrons. The highest BCUT2D eigenvalue weighted by atomic mass is 16.1. The van der Waals surface area contributed by atoms with E-state index in [1.807, 2.05) is 49.4 Å². The van der Waals surface area contributed by atoms with Gasteiger partial charge in [-0.2, -0.15) is 0 Å². The summed E-state index contributed by atoms with van der Waals surface area (Å²) in [5.41, 5.74) is 1.64. The quantitative estimate of drug-likeness (QED) is 0.658. The summed E-state index contributed by atoms with van der Waals surface area (Å²) >= 11 is 0. The second-order valence-electron chi connectivity index (χ2n) is 3.75. The van der Waals surface area contributed by atoms with Crippen molar-refractivity contribution in [1.29, 1.82) is 0 Å². The van der Waals surface area contributed by atoms with E-state index in [0.29, 0.717) is 0 Å². The second-order valence-corrected chi connectivity index (χ2v) is 3.75. The molecule has 1 amide bonds. The Morgan fingerprint density at radius 2 is 2.11 bits per heavy atom. The van der Waals surface area contributed by atoms with Crippen LogP contribution in [0.3, 0.4) is 0 Å². The van der Waals surface area contributed by atoms with Crippen LogP contribution < -0.4 is 5.32 Å². The third-order valence-corrected chi connectivity index (χ3v) is 2.45.